The Bertz CT molecular complexity index is 1210. The van der Waals surface area contributed by atoms with Gasteiger partial charge in [0.1, 0.15) is 16.8 Å². The van der Waals surface area contributed by atoms with Crippen LogP contribution in [0.2, 0.25) is 0 Å². The number of carbonyl (C=O) groups excluding carboxylic acids is 1. The van der Waals surface area contributed by atoms with E-state index in [0.717, 1.165) is 5.56 Å². The molecule has 3 unspecified atom stereocenters. The second-order valence-electron chi connectivity index (χ2n) is 10.3. The summed E-state index contributed by atoms with van der Waals surface area (Å²) in [5, 5.41) is 8.73. The molecule has 2 N–H and O–H groups in total. The zero-order valence-electron chi connectivity index (χ0n) is 19.8. The second kappa shape index (κ2) is 8.92. The Morgan fingerprint density at radius 3 is 2.50 bits per heavy atom. The van der Waals surface area contributed by atoms with Gasteiger partial charge in [0.25, 0.3) is 11.8 Å². The lowest BCUT2D eigenvalue weighted by Crippen LogP contribution is -2.63. The molecule has 1 amide bonds. The number of nitrogens with zero attached hydrogens (tertiary/aromatic N) is 1. The summed E-state index contributed by atoms with van der Waals surface area (Å²) in [5.74, 6) is -4.47. The van der Waals surface area contributed by atoms with Crippen LogP contribution in [0.1, 0.15) is 43.2 Å². The van der Waals surface area contributed by atoms with E-state index in [1.165, 1.54) is 4.90 Å². The second-order valence-corrected chi connectivity index (χ2v) is 11.8. The highest BCUT2D eigenvalue weighted by Gasteiger charge is 2.62. The fourth-order valence-corrected chi connectivity index (χ4v) is 6.48. The van der Waals surface area contributed by atoms with Gasteiger partial charge in [-0.25, -0.2) is 26.5 Å². The van der Waals surface area contributed by atoms with E-state index in [-0.39, 0.29) is 37.8 Å². The number of likely N-dealkylation sites (tertiary alicyclic amines) is 1. The first kappa shape index (κ1) is 25.4. The molecule has 10 heteroatoms. The van der Waals surface area contributed by atoms with Gasteiger partial charge in [-0.15, -0.1) is 0 Å². The minimum atomic E-state index is -3.13. The number of aliphatic hydroxyl groups is 1. The van der Waals surface area contributed by atoms with E-state index < -0.39 is 64.2 Å². The van der Waals surface area contributed by atoms with Crippen LogP contribution in [0.15, 0.2) is 42.5 Å². The number of halogens is 4. The molecule has 1 aliphatic heterocycles. The monoisotopic (exact) mass is 524 g/mol. The topological polar surface area (TPSA) is 69.6 Å². The van der Waals surface area contributed by atoms with Crippen molar-refractivity contribution in [2.75, 3.05) is 6.54 Å². The first-order valence-electron chi connectivity index (χ1n) is 12.0. The highest BCUT2D eigenvalue weighted by Crippen LogP contribution is 2.47. The van der Waals surface area contributed by atoms with Gasteiger partial charge in [0.05, 0.1) is 6.04 Å². The van der Waals surface area contributed by atoms with E-state index >= 15 is 4.39 Å². The van der Waals surface area contributed by atoms with E-state index in [4.69, 9.17) is 0 Å². The number of alkyl halides is 3. The van der Waals surface area contributed by atoms with Crippen LogP contribution in [0.5, 0.6) is 0 Å². The molecule has 0 radical (unpaired) electrons. The van der Waals surface area contributed by atoms with E-state index in [0.29, 0.717) is 11.1 Å². The Kier molecular flexibility index (Phi) is 6.28. The lowest BCUT2D eigenvalue weighted by atomic mass is 9.75. The van der Waals surface area contributed by atoms with E-state index in [1.54, 1.807) is 24.3 Å². The molecule has 194 valence electrons. The Labute approximate surface area is 209 Å². The molecule has 5 nitrogen and oxygen atoms in total. The minimum absolute atomic E-state index is 0.0160. The molecule has 3 fully saturated rings. The van der Waals surface area contributed by atoms with Crippen LogP contribution < -0.4 is 4.72 Å². The maximum absolute atomic E-state index is 15.7. The third kappa shape index (κ3) is 4.70. The number of hydrogen-bond acceptors (Lipinski definition) is 3. The van der Waals surface area contributed by atoms with Crippen molar-refractivity contribution in [2.24, 2.45) is 0 Å². The highest BCUT2D eigenvalue weighted by atomic mass is 32.2. The van der Waals surface area contributed by atoms with Gasteiger partial charge in [-0.3, -0.25) is 4.79 Å². The predicted molar refractivity (Wildman–Crippen MR) is 128 cm³/mol. The van der Waals surface area contributed by atoms with E-state index in [9.17, 15) is 27.3 Å². The number of hydrogen-bond donors (Lipinski definition) is 2. The molecule has 3 aliphatic rings. The first-order valence-corrected chi connectivity index (χ1v) is 13.2. The third-order valence-corrected chi connectivity index (χ3v) is 8.97. The van der Waals surface area contributed by atoms with Crippen LogP contribution in [-0.2, 0) is 22.2 Å². The Balaban J connectivity index is 1.44. The van der Waals surface area contributed by atoms with Crippen molar-refractivity contribution in [3.63, 3.8) is 0 Å². The molecule has 36 heavy (non-hydrogen) atoms. The fraction of sp³-hybridized carbons (Fsp3) is 0.500. The van der Waals surface area contributed by atoms with Crippen molar-refractivity contribution in [1.29, 1.82) is 0 Å². The molecule has 2 aromatic rings. The maximum atomic E-state index is 15.7. The fourth-order valence-electron chi connectivity index (χ4n) is 5.24. The number of nitrogens with one attached hydrogen (secondary N) is 1. The average molecular weight is 525 g/mol. The maximum Gasteiger partial charge on any atom is 0.255 e. The van der Waals surface area contributed by atoms with Crippen LogP contribution >= 0.6 is 0 Å². The highest BCUT2D eigenvalue weighted by molar-refractivity contribution is 7.84. The van der Waals surface area contributed by atoms with E-state index in [2.05, 4.69) is 4.72 Å². The largest absolute Gasteiger partial charge is 0.380 e. The number of benzene rings is 2. The van der Waals surface area contributed by atoms with Crippen LogP contribution in [0.25, 0.3) is 11.1 Å². The molecular weight excluding hydrogens is 496 g/mol. The summed E-state index contributed by atoms with van der Waals surface area (Å²) in [4.78, 5) is 14.4. The Morgan fingerprint density at radius 1 is 1.17 bits per heavy atom. The summed E-state index contributed by atoms with van der Waals surface area (Å²) in [6.45, 7) is 1.99. The summed E-state index contributed by atoms with van der Waals surface area (Å²) in [5.41, 5.74) is 0.0999. The third-order valence-electron chi connectivity index (χ3n) is 7.38. The van der Waals surface area contributed by atoms with Crippen LogP contribution in [0.3, 0.4) is 0 Å². The van der Waals surface area contributed by atoms with Gasteiger partial charge in [-0.2, -0.15) is 0 Å². The summed E-state index contributed by atoms with van der Waals surface area (Å²) in [6, 6.07) is 10.8. The molecule has 1 saturated heterocycles. The molecule has 1 heterocycles. The summed E-state index contributed by atoms with van der Waals surface area (Å²) < 4.78 is 72.4. The standard InChI is InChI=1S/C26H28F4N2O3S/c1-16-4-2-5-17(12-16)19-7-3-6-18(22(19)27)13-21-20(31-36(35)26(30)9-10-26)8-11-32(21)23(33)24(34)14-25(28,29)15-24/h2-7,12,20-21,31,34H,8-11,13-15H2,1H3. The summed E-state index contributed by atoms with van der Waals surface area (Å²) in [7, 11) is -2.02. The summed E-state index contributed by atoms with van der Waals surface area (Å²) in [6.07, 6.45) is -1.38. The van der Waals surface area contributed by atoms with Crippen LogP contribution in [0.4, 0.5) is 17.6 Å². The number of rotatable bonds is 7. The smallest absolute Gasteiger partial charge is 0.255 e. The summed E-state index contributed by atoms with van der Waals surface area (Å²) >= 11 is 0. The van der Waals surface area contributed by atoms with Gasteiger partial charge in [0.2, 0.25) is 0 Å². The lowest BCUT2D eigenvalue weighted by molar-refractivity contribution is -0.215. The average Bonchev–Trinajstić information content (AvgIpc) is 3.44. The molecule has 5 rings (SSSR count). The predicted octanol–water partition coefficient (Wildman–Crippen LogP) is 4.19. The molecule has 0 bridgehead atoms. The van der Waals surface area contributed by atoms with E-state index in [1.807, 2.05) is 25.1 Å². The molecule has 0 aromatic heterocycles. The molecule has 2 aliphatic carbocycles. The number of amides is 1. The first-order chi connectivity index (χ1) is 16.9. The van der Waals surface area contributed by atoms with Crippen molar-refractivity contribution < 1.29 is 31.7 Å². The molecule has 2 saturated carbocycles. The van der Waals surface area contributed by atoms with Crippen LogP contribution in [-0.4, -0.2) is 55.3 Å². The Morgan fingerprint density at radius 2 is 1.86 bits per heavy atom. The molecule has 2 aromatic carbocycles. The van der Waals surface area contributed by atoms with Crippen molar-refractivity contribution in [3.8, 4) is 11.1 Å². The SMILES string of the molecule is Cc1cccc(-c2cccc(CC3C(NS(=O)C4(F)CC4)CCN3C(=O)C3(O)CC(F)(F)C3)c2F)c1. The van der Waals surface area contributed by atoms with Gasteiger partial charge in [0, 0.05) is 31.0 Å². The lowest BCUT2D eigenvalue weighted by Gasteiger charge is -2.44. The van der Waals surface area contributed by atoms with Gasteiger partial charge >= 0.3 is 0 Å². The number of aryl methyl sites for hydroxylation is 1. The molecular formula is C26H28F4N2O3S. The molecule has 3 atom stereocenters. The van der Waals surface area contributed by atoms with Gasteiger partial charge in [0.15, 0.2) is 10.6 Å². The minimum Gasteiger partial charge on any atom is -0.380 e. The molecule has 0 spiro atoms. The van der Waals surface area contributed by atoms with Gasteiger partial charge < -0.3 is 10.0 Å². The van der Waals surface area contributed by atoms with Crippen molar-refractivity contribution in [2.45, 2.75) is 74.1 Å². The normalized spacial score (nSPS) is 26.3. The van der Waals surface area contributed by atoms with Crippen molar-refractivity contribution >= 4 is 16.9 Å². The quantitative estimate of drug-likeness (QED) is 0.534. The van der Waals surface area contributed by atoms with Crippen LogP contribution in [0, 0.1) is 12.7 Å². The van der Waals surface area contributed by atoms with Gasteiger partial charge in [-0.05, 0) is 43.7 Å². The number of carbonyl (C=O) groups is 1. The van der Waals surface area contributed by atoms with Gasteiger partial charge in [-0.1, -0.05) is 48.0 Å². The Hall–Kier alpha value is -2.30. The zero-order valence-corrected chi connectivity index (χ0v) is 20.6. The zero-order chi connectivity index (χ0) is 25.9. The van der Waals surface area contributed by atoms with Crippen molar-refractivity contribution in [1.82, 2.24) is 9.62 Å². The van der Waals surface area contributed by atoms with Crippen molar-refractivity contribution in [3.05, 3.63) is 59.4 Å².